The minimum Gasteiger partial charge on any atom is -0.298 e. The van der Waals surface area contributed by atoms with Crippen LogP contribution in [0.25, 0.3) is 0 Å². The molecule has 2 heteroatoms. The van der Waals surface area contributed by atoms with E-state index in [4.69, 9.17) is 0 Å². The van der Waals surface area contributed by atoms with Crippen LogP contribution in [0.15, 0.2) is 29.2 Å². The van der Waals surface area contributed by atoms with E-state index in [2.05, 4.69) is 6.07 Å². The van der Waals surface area contributed by atoms with Gasteiger partial charge in [0.15, 0.2) is 0 Å². The van der Waals surface area contributed by atoms with Crippen molar-refractivity contribution in [3.63, 3.8) is 0 Å². The molecule has 0 heterocycles. The monoisotopic (exact) mass is 262 g/mol. The van der Waals surface area contributed by atoms with Gasteiger partial charge in [0.1, 0.15) is 6.29 Å². The Morgan fingerprint density at radius 1 is 1.22 bits per heavy atom. The first-order chi connectivity index (χ1) is 8.88. The van der Waals surface area contributed by atoms with Gasteiger partial charge in [-0.1, -0.05) is 44.2 Å². The lowest BCUT2D eigenvalue weighted by molar-refractivity contribution is 0.112. The van der Waals surface area contributed by atoms with Crippen molar-refractivity contribution in [3.05, 3.63) is 29.8 Å². The van der Waals surface area contributed by atoms with Crippen LogP contribution in [-0.4, -0.2) is 12.0 Å². The second-order valence-electron chi connectivity index (χ2n) is 5.19. The lowest BCUT2D eigenvalue weighted by atomic mass is 9.86. The molecule has 1 fully saturated rings. The number of rotatable bonds is 6. The number of carbonyl (C=O) groups is 1. The molecule has 0 saturated heterocycles. The summed E-state index contributed by atoms with van der Waals surface area (Å²) in [5, 5.41) is 0. The Morgan fingerprint density at radius 3 is 2.83 bits per heavy atom. The number of thioether (sulfide) groups is 1. The highest BCUT2D eigenvalue weighted by molar-refractivity contribution is 7.99. The van der Waals surface area contributed by atoms with Gasteiger partial charge >= 0.3 is 0 Å². The molecule has 1 aliphatic carbocycles. The number of hydrogen-bond donors (Lipinski definition) is 0. The van der Waals surface area contributed by atoms with Gasteiger partial charge in [-0.3, -0.25) is 4.79 Å². The molecule has 0 atom stereocenters. The highest BCUT2D eigenvalue weighted by atomic mass is 32.2. The standard InChI is InChI=1S/C16H22OS/c17-13-15-8-4-10-16(12-15)18-11-5-9-14-6-2-1-3-7-14/h4,8,10,12-14H,1-3,5-7,9,11H2. The zero-order chi connectivity index (χ0) is 12.6. The van der Waals surface area contributed by atoms with Gasteiger partial charge in [0.05, 0.1) is 0 Å². The van der Waals surface area contributed by atoms with Gasteiger partial charge in [0.2, 0.25) is 0 Å². The zero-order valence-electron chi connectivity index (χ0n) is 10.9. The van der Waals surface area contributed by atoms with Crippen LogP contribution in [0.2, 0.25) is 0 Å². The van der Waals surface area contributed by atoms with Gasteiger partial charge in [-0.2, -0.15) is 0 Å². The van der Waals surface area contributed by atoms with E-state index in [1.54, 1.807) is 0 Å². The average Bonchev–Trinajstić information content (AvgIpc) is 2.45. The Balaban J connectivity index is 1.66. The van der Waals surface area contributed by atoms with Crippen molar-refractivity contribution < 1.29 is 4.79 Å². The molecule has 0 aromatic heterocycles. The molecule has 2 rings (SSSR count). The Bertz CT molecular complexity index is 369. The fourth-order valence-corrected chi connectivity index (χ4v) is 3.66. The lowest BCUT2D eigenvalue weighted by Gasteiger charge is -2.21. The minimum atomic E-state index is 0.785. The van der Waals surface area contributed by atoms with Gasteiger partial charge in [-0.05, 0) is 36.6 Å². The van der Waals surface area contributed by atoms with E-state index in [1.807, 2.05) is 30.0 Å². The van der Waals surface area contributed by atoms with Gasteiger partial charge in [0.25, 0.3) is 0 Å². The molecule has 1 aromatic carbocycles. The van der Waals surface area contributed by atoms with Crippen LogP contribution in [0.3, 0.4) is 0 Å². The van der Waals surface area contributed by atoms with E-state index in [0.717, 1.165) is 17.8 Å². The van der Waals surface area contributed by atoms with Gasteiger partial charge in [-0.25, -0.2) is 0 Å². The number of hydrogen-bond acceptors (Lipinski definition) is 2. The molecule has 1 aromatic rings. The molecule has 0 aliphatic heterocycles. The Labute approximate surface area is 114 Å². The zero-order valence-corrected chi connectivity index (χ0v) is 11.8. The van der Waals surface area contributed by atoms with E-state index in [0.29, 0.717) is 0 Å². The van der Waals surface area contributed by atoms with E-state index >= 15 is 0 Å². The third-order valence-electron chi connectivity index (χ3n) is 3.74. The van der Waals surface area contributed by atoms with Crippen LogP contribution in [0, 0.1) is 5.92 Å². The molecule has 1 aliphatic rings. The van der Waals surface area contributed by atoms with Gasteiger partial charge in [-0.15, -0.1) is 11.8 Å². The van der Waals surface area contributed by atoms with Crippen molar-refractivity contribution in [2.75, 3.05) is 5.75 Å². The summed E-state index contributed by atoms with van der Waals surface area (Å²) in [6.07, 6.45) is 10.9. The molecule has 0 unspecified atom stereocenters. The molecule has 0 N–H and O–H groups in total. The Hall–Kier alpha value is -0.760. The fraction of sp³-hybridized carbons (Fsp3) is 0.562. The van der Waals surface area contributed by atoms with Crippen LogP contribution < -0.4 is 0 Å². The second kappa shape index (κ2) is 7.63. The largest absolute Gasteiger partial charge is 0.298 e. The first kappa shape index (κ1) is 13.7. The molecule has 1 nitrogen and oxygen atoms in total. The summed E-state index contributed by atoms with van der Waals surface area (Å²) < 4.78 is 0. The molecule has 98 valence electrons. The van der Waals surface area contributed by atoms with Crippen LogP contribution >= 0.6 is 11.8 Å². The first-order valence-corrected chi connectivity index (χ1v) is 8.05. The predicted octanol–water partition coefficient (Wildman–Crippen LogP) is 4.95. The van der Waals surface area contributed by atoms with E-state index in [-0.39, 0.29) is 0 Å². The molecule has 0 spiro atoms. The number of benzene rings is 1. The number of aldehydes is 1. The Kier molecular flexibility index (Phi) is 5.79. The molecule has 0 radical (unpaired) electrons. The maximum Gasteiger partial charge on any atom is 0.150 e. The summed E-state index contributed by atoms with van der Waals surface area (Å²) in [5.74, 6) is 2.17. The first-order valence-electron chi connectivity index (χ1n) is 7.06. The van der Waals surface area contributed by atoms with E-state index in [9.17, 15) is 4.79 Å². The lowest BCUT2D eigenvalue weighted by Crippen LogP contribution is -2.06. The van der Waals surface area contributed by atoms with Crippen molar-refractivity contribution in [1.29, 1.82) is 0 Å². The smallest absolute Gasteiger partial charge is 0.150 e. The van der Waals surface area contributed by atoms with Crippen molar-refractivity contribution in [3.8, 4) is 0 Å². The summed E-state index contributed by atoms with van der Waals surface area (Å²) >= 11 is 1.88. The highest BCUT2D eigenvalue weighted by Crippen LogP contribution is 2.28. The quantitative estimate of drug-likeness (QED) is 0.410. The van der Waals surface area contributed by atoms with Gasteiger partial charge < -0.3 is 0 Å². The van der Waals surface area contributed by atoms with E-state index < -0.39 is 0 Å². The van der Waals surface area contributed by atoms with Crippen molar-refractivity contribution in [1.82, 2.24) is 0 Å². The topological polar surface area (TPSA) is 17.1 Å². The summed E-state index contributed by atoms with van der Waals surface area (Å²) in [6, 6.07) is 7.91. The molecule has 0 amide bonds. The maximum absolute atomic E-state index is 10.7. The summed E-state index contributed by atoms with van der Waals surface area (Å²) in [5.41, 5.74) is 0.785. The summed E-state index contributed by atoms with van der Waals surface area (Å²) in [7, 11) is 0. The normalized spacial score (nSPS) is 16.7. The number of carbonyl (C=O) groups excluding carboxylic acids is 1. The molecular weight excluding hydrogens is 240 g/mol. The highest BCUT2D eigenvalue weighted by Gasteiger charge is 2.12. The third kappa shape index (κ3) is 4.49. The molecule has 1 saturated carbocycles. The van der Waals surface area contributed by atoms with E-state index in [1.165, 1.54) is 55.6 Å². The van der Waals surface area contributed by atoms with Crippen LogP contribution in [0.4, 0.5) is 0 Å². The van der Waals surface area contributed by atoms with Crippen LogP contribution in [0.5, 0.6) is 0 Å². The molecular formula is C16H22OS. The van der Waals surface area contributed by atoms with Crippen molar-refractivity contribution in [2.24, 2.45) is 5.92 Å². The van der Waals surface area contributed by atoms with Crippen molar-refractivity contribution in [2.45, 2.75) is 49.8 Å². The van der Waals surface area contributed by atoms with Crippen LogP contribution in [0.1, 0.15) is 55.3 Å². The minimum absolute atomic E-state index is 0.785. The summed E-state index contributed by atoms with van der Waals surface area (Å²) in [4.78, 5) is 11.9. The second-order valence-corrected chi connectivity index (χ2v) is 6.35. The maximum atomic E-state index is 10.7. The van der Waals surface area contributed by atoms with Gasteiger partial charge in [0, 0.05) is 10.5 Å². The fourth-order valence-electron chi connectivity index (χ4n) is 2.72. The predicted molar refractivity (Wildman–Crippen MR) is 78.4 cm³/mol. The van der Waals surface area contributed by atoms with Crippen LogP contribution in [-0.2, 0) is 0 Å². The SMILES string of the molecule is O=Cc1cccc(SCCCC2CCCCC2)c1. The third-order valence-corrected chi connectivity index (χ3v) is 4.82. The summed E-state index contributed by atoms with van der Waals surface area (Å²) in [6.45, 7) is 0. The molecule has 18 heavy (non-hydrogen) atoms. The van der Waals surface area contributed by atoms with Crippen molar-refractivity contribution >= 4 is 18.0 Å². The average molecular weight is 262 g/mol. The molecule has 0 bridgehead atoms. The Morgan fingerprint density at radius 2 is 2.06 bits per heavy atom.